The molecule has 0 aliphatic heterocycles. The summed E-state index contributed by atoms with van der Waals surface area (Å²) in [6.45, 7) is 2.59. The van der Waals surface area contributed by atoms with Crippen molar-refractivity contribution in [3.63, 3.8) is 0 Å². The van der Waals surface area contributed by atoms with Gasteiger partial charge in [0.2, 0.25) is 10.0 Å². The molecule has 1 fully saturated rings. The largest absolute Gasteiger partial charge is 0.330 e. The molecule has 0 radical (unpaired) electrons. The van der Waals surface area contributed by atoms with Crippen LogP contribution in [-0.4, -0.2) is 21.0 Å². The third kappa shape index (κ3) is 3.95. The predicted octanol–water partition coefficient (Wildman–Crippen LogP) is 2.08. The number of hydrogen-bond acceptors (Lipinski definition) is 3. The van der Waals surface area contributed by atoms with Crippen molar-refractivity contribution in [2.75, 3.05) is 6.54 Å². The first-order chi connectivity index (χ1) is 9.06. The maximum atomic E-state index is 12.3. The maximum Gasteiger partial charge on any atom is 0.240 e. The lowest BCUT2D eigenvalue weighted by Crippen LogP contribution is -2.39. The van der Waals surface area contributed by atoms with Gasteiger partial charge in [-0.15, -0.1) is 12.4 Å². The van der Waals surface area contributed by atoms with Crippen LogP contribution in [0.15, 0.2) is 29.2 Å². The second-order valence-corrected chi connectivity index (χ2v) is 6.87. The van der Waals surface area contributed by atoms with Gasteiger partial charge in [-0.25, -0.2) is 13.1 Å². The minimum absolute atomic E-state index is 0. The van der Waals surface area contributed by atoms with Crippen LogP contribution in [0.2, 0.25) is 0 Å². The van der Waals surface area contributed by atoms with Crippen molar-refractivity contribution in [2.45, 2.75) is 43.5 Å². The van der Waals surface area contributed by atoms with Crippen molar-refractivity contribution >= 4 is 22.4 Å². The van der Waals surface area contributed by atoms with E-state index in [-0.39, 0.29) is 24.4 Å². The molecular formula is C14H23ClN2O2S. The number of nitrogens with two attached hydrogens (primary N) is 1. The molecule has 1 saturated carbocycles. The molecule has 1 aromatic rings. The molecule has 0 amide bonds. The summed E-state index contributed by atoms with van der Waals surface area (Å²) in [5.41, 5.74) is 6.82. The Bertz CT molecular complexity index is 516. The third-order valence-corrected chi connectivity index (χ3v) is 5.42. The molecule has 1 aliphatic carbocycles. The molecule has 0 saturated heterocycles. The van der Waals surface area contributed by atoms with E-state index in [4.69, 9.17) is 5.73 Å². The molecule has 2 unspecified atom stereocenters. The Hall–Kier alpha value is -0.620. The highest BCUT2D eigenvalue weighted by Gasteiger charge is 2.30. The van der Waals surface area contributed by atoms with Crippen LogP contribution in [0.4, 0.5) is 0 Å². The van der Waals surface area contributed by atoms with Crippen LogP contribution in [0.5, 0.6) is 0 Å². The lowest BCUT2D eigenvalue weighted by Gasteiger charge is -2.19. The van der Waals surface area contributed by atoms with E-state index in [1.165, 1.54) is 0 Å². The van der Waals surface area contributed by atoms with E-state index in [0.717, 1.165) is 31.2 Å². The molecule has 1 aliphatic rings. The molecule has 2 rings (SSSR count). The minimum Gasteiger partial charge on any atom is -0.330 e. The Morgan fingerprint density at radius 3 is 2.45 bits per heavy atom. The van der Waals surface area contributed by atoms with Gasteiger partial charge in [0.25, 0.3) is 0 Å². The number of aryl methyl sites for hydroxylation is 1. The van der Waals surface area contributed by atoms with Gasteiger partial charge in [-0.05, 0) is 49.4 Å². The highest BCUT2D eigenvalue weighted by molar-refractivity contribution is 7.89. The number of nitrogens with one attached hydrogen (secondary N) is 1. The lowest BCUT2D eigenvalue weighted by molar-refractivity contribution is 0.453. The first-order valence-corrected chi connectivity index (χ1v) is 8.36. The molecule has 20 heavy (non-hydrogen) atoms. The van der Waals surface area contributed by atoms with Gasteiger partial charge in [-0.3, -0.25) is 0 Å². The SMILES string of the molecule is CCc1ccc(S(=O)(=O)NC2CCCC2CN)cc1.Cl. The first kappa shape index (κ1) is 17.4. The third-order valence-electron chi connectivity index (χ3n) is 3.91. The number of rotatable bonds is 5. The molecular weight excluding hydrogens is 296 g/mol. The van der Waals surface area contributed by atoms with Gasteiger partial charge in [0.1, 0.15) is 0 Å². The molecule has 0 spiro atoms. The average Bonchev–Trinajstić information content (AvgIpc) is 2.85. The average molecular weight is 319 g/mol. The lowest BCUT2D eigenvalue weighted by atomic mass is 10.1. The molecule has 0 aromatic heterocycles. The van der Waals surface area contributed by atoms with Gasteiger partial charge >= 0.3 is 0 Å². The molecule has 114 valence electrons. The quantitative estimate of drug-likeness (QED) is 0.873. The fourth-order valence-electron chi connectivity index (χ4n) is 2.65. The summed E-state index contributed by atoms with van der Waals surface area (Å²) in [6, 6.07) is 7.06. The fraction of sp³-hybridized carbons (Fsp3) is 0.571. The summed E-state index contributed by atoms with van der Waals surface area (Å²) in [5, 5.41) is 0. The summed E-state index contributed by atoms with van der Waals surface area (Å²) < 4.78 is 27.4. The smallest absolute Gasteiger partial charge is 0.240 e. The number of sulfonamides is 1. The van der Waals surface area contributed by atoms with Crippen LogP contribution < -0.4 is 10.5 Å². The Balaban J connectivity index is 0.00000200. The second kappa shape index (κ2) is 7.41. The minimum atomic E-state index is -3.42. The molecule has 4 nitrogen and oxygen atoms in total. The predicted molar refractivity (Wildman–Crippen MR) is 83.6 cm³/mol. The van der Waals surface area contributed by atoms with Crippen LogP contribution in [0.3, 0.4) is 0 Å². The first-order valence-electron chi connectivity index (χ1n) is 6.88. The maximum absolute atomic E-state index is 12.3. The van der Waals surface area contributed by atoms with E-state index in [0.29, 0.717) is 11.4 Å². The topological polar surface area (TPSA) is 72.2 Å². The van der Waals surface area contributed by atoms with Gasteiger partial charge in [-0.1, -0.05) is 25.5 Å². The van der Waals surface area contributed by atoms with Crippen LogP contribution >= 0.6 is 12.4 Å². The van der Waals surface area contributed by atoms with Gasteiger partial charge in [0.05, 0.1) is 4.90 Å². The van der Waals surface area contributed by atoms with Gasteiger partial charge < -0.3 is 5.73 Å². The fourth-order valence-corrected chi connectivity index (χ4v) is 3.99. The zero-order valence-electron chi connectivity index (χ0n) is 11.7. The van der Waals surface area contributed by atoms with Crippen molar-refractivity contribution in [3.05, 3.63) is 29.8 Å². The van der Waals surface area contributed by atoms with E-state index in [1.54, 1.807) is 12.1 Å². The van der Waals surface area contributed by atoms with Crippen molar-refractivity contribution in [1.29, 1.82) is 0 Å². The number of hydrogen-bond donors (Lipinski definition) is 2. The normalized spacial score (nSPS) is 22.5. The van der Waals surface area contributed by atoms with E-state index < -0.39 is 10.0 Å². The summed E-state index contributed by atoms with van der Waals surface area (Å²) in [6.07, 6.45) is 3.85. The molecule has 1 aromatic carbocycles. The van der Waals surface area contributed by atoms with E-state index >= 15 is 0 Å². The zero-order chi connectivity index (χ0) is 13.9. The summed E-state index contributed by atoms with van der Waals surface area (Å²) >= 11 is 0. The van der Waals surface area contributed by atoms with Gasteiger partial charge in [-0.2, -0.15) is 0 Å². The molecule has 0 bridgehead atoms. The van der Waals surface area contributed by atoms with Crippen molar-refractivity contribution in [3.8, 4) is 0 Å². The monoisotopic (exact) mass is 318 g/mol. The van der Waals surface area contributed by atoms with E-state index in [9.17, 15) is 8.42 Å². The van der Waals surface area contributed by atoms with Crippen LogP contribution in [-0.2, 0) is 16.4 Å². The molecule has 3 N–H and O–H groups in total. The Morgan fingerprint density at radius 1 is 1.25 bits per heavy atom. The Kier molecular flexibility index (Phi) is 6.45. The summed E-state index contributed by atoms with van der Waals surface area (Å²) in [7, 11) is -3.42. The Morgan fingerprint density at radius 2 is 1.90 bits per heavy atom. The van der Waals surface area contributed by atoms with E-state index in [1.807, 2.05) is 19.1 Å². The zero-order valence-corrected chi connectivity index (χ0v) is 13.3. The van der Waals surface area contributed by atoms with Crippen molar-refractivity contribution in [1.82, 2.24) is 4.72 Å². The van der Waals surface area contributed by atoms with Gasteiger partial charge in [0.15, 0.2) is 0 Å². The molecule has 6 heteroatoms. The summed E-state index contributed by atoms with van der Waals surface area (Å²) in [4.78, 5) is 0.340. The van der Waals surface area contributed by atoms with Crippen molar-refractivity contribution in [2.24, 2.45) is 11.7 Å². The highest BCUT2D eigenvalue weighted by Crippen LogP contribution is 2.26. The summed E-state index contributed by atoms with van der Waals surface area (Å²) in [5.74, 6) is 0.268. The van der Waals surface area contributed by atoms with Crippen LogP contribution in [0.25, 0.3) is 0 Å². The van der Waals surface area contributed by atoms with Crippen molar-refractivity contribution < 1.29 is 8.42 Å². The second-order valence-electron chi connectivity index (χ2n) is 5.15. The van der Waals surface area contributed by atoms with Gasteiger partial charge in [0, 0.05) is 6.04 Å². The van der Waals surface area contributed by atoms with E-state index in [2.05, 4.69) is 4.72 Å². The highest BCUT2D eigenvalue weighted by atomic mass is 35.5. The van der Waals surface area contributed by atoms with Crippen LogP contribution in [0, 0.1) is 5.92 Å². The number of benzene rings is 1. The number of halogens is 1. The van der Waals surface area contributed by atoms with Crippen LogP contribution in [0.1, 0.15) is 31.7 Å². The standard InChI is InChI=1S/C14H22N2O2S.ClH/c1-2-11-6-8-13(9-7-11)19(17,18)16-14-5-3-4-12(14)10-15;/h6-9,12,14,16H,2-5,10,15H2,1H3;1H. The Labute approximate surface area is 127 Å². The molecule has 0 heterocycles. The molecule has 2 atom stereocenters.